The largest absolute Gasteiger partial charge is 0.391 e. The lowest BCUT2D eigenvalue weighted by Gasteiger charge is -2.06. The smallest absolute Gasteiger partial charge is 0.135 e. The van der Waals surface area contributed by atoms with Gasteiger partial charge in [-0.3, -0.25) is 4.68 Å². The van der Waals surface area contributed by atoms with Gasteiger partial charge in [0, 0.05) is 18.8 Å². The van der Waals surface area contributed by atoms with Crippen molar-refractivity contribution in [3.8, 4) is 0 Å². The molecule has 0 aliphatic carbocycles. The van der Waals surface area contributed by atoms with Crippen LogP contribution in [0.4, 0.5) is 11.6 Å². The molecular formula is C10H12N4O. The number of nitrogens with one attached hydrogen (secondary N) is 1. The van der Waals surface area contributed by atoms with Crippen LogP contribution < -0.4 is 5.32 Å². The Morgan fingerprint density at radius 1 is 1.47 bits per heavy atom. The van der Waals surface area contributed by atoms with Gasteiger partial charge in [-0.25, -0.2) is 4.98 Å². The van der Waals surface area contributed by atoms with E-state index >= 15 is 0 Å². The first-order chi connectivity index (χ1) is 7.31. The van der Waals surface area contributed by atoms with E-state index in [4.69, 9.17) is 5.11 Å². The minimum Gasteiger partial charge on any atom is -0.391 e. The Morgan fingerprint density at radius 2 is 2.33 bits per heavy atom. The molecule has 2 N–H and O–H groups in total. The van der Waals surface area contributed by atoms with Crippen molar-refractivity contribution in [3.63, 3.8) is 0 Å². The van der Waals surface area contributed by atoms with Crippen LogP contribution in [0.15, 0.2) is 30.6 Å². The number of anilines is 2. The standard InChI is InChI=1S/C10H12N4O/c1-14-10(8(7-15)6-12-14)13-9-4-2-3-5-11-9/h2-6,15H,7H2,1H3,(H,11,13). The van der Waals surface area contributed by atoms with Crippen molar-refractivity contribution in [2.75, 3.05) is 5.32 Å². The summed E-state index contributed by atoms with van der Waals surface area (Å²) in [6, 6.07) is 5.60. The van der Waals surface area contributed by atoms with E-state index in [0.29, 0.717) is 0 Å². The lowest BCUT2D eigenvalue weighted by atomic mass is 10.3. The number of aliphatic hydroxyl groups excluding tert-OH is 1. The fourth-order valence-electron chi connectivity index (χ4n) is 1.32. The predicted octanol–water partition coefficient (Wildman–Crippen LogP) is 1.05. The van der Waals surface area contributed by atoms with Gasteiger partial charge >= 0.3 is 0 Å². The predicted molar refractivity (Wildman–Crippen MR) is 56.7 cm³/mol. The fourth-order valence-corrected chi connectivity index (χ4v) is 1.32. The highest BCUT2D eigenvalue weighted by Crippen LogP contribution is 2.18. The van der Waals surface area contributed by atoms with Crippen LogP contribution in [0.1, 0.15) is 5.56 Å². The van der Waals surface area contributed by atoms with E-state index < -0.39 is 0 Å². The minimum atomic E-state index is -0.0387. The van der Waals surface area contributed by atoms with E-state index in [-0.39, 0.29) is 6.61 Å². The zero-order chi connectivity index (χ0) is 10.7. The summed E-state index contributed by atoms with van der Waals surface area (Å²) in [4.78, 5) is 4.14. The molecule has 0 fully saturated rings. The van der Waals surface area contributed by atoms with Gasteiger partial charge < -0.3 is 10.4 Å². The van der Waals surface area contributed by atoms with Gasteiger partial charge in [-0.15, -0.1) is 0 Å². The summed E-state index contributed by atoms with van der Waals surface area (Å²) < 4.78 is 1.67. The van der Waals surface area contributed by atoms with E-state index in [1.165, 1.54) is 0 Å². The van der Waals surface area contributed by atoms with Gasteiger partial charge in [0.2, 0.25) is 0 Å². The monoisotopic (exact) mass is 204 g/mol. The molecule has 0 bridgehead atoms. The molecule has 2 rings (SSSR count). The first kappa shape index (κ1) is 9.67. The molecule has 0 unspecified atom stereocenters. The number of rotatable bonds is 3. The lowest BCUT2D eigenvalue weighted by molar-refractivity contribution is 0.282. The van der Waals surface area contributed by atoms with Crippen LogP contribution in [0.2, 0.25) is 0 Å². The number of pyridine rings is 1. The molecule has 0 atom stereocenters. The summed E-state index contributed by atoms with van der Waals surface area (Å²) in [5.74, 6) is 1.49. The fraction of sp³-hybridized carbons (Fsp3) is 0.200. The van der Waals surface area contributed by atoms with Gasteiger partial charge in [-0.1, -0.05) is 6.07 Å². The summed E-state index contributed by atoms with van der Waals surface area (Å²) in [7, 11) is 1.81. The Labute approximate surface area is 87.4 Å². The molecule has 0 aliphatic rings. The van der Waals surface area contributed by atoms with Crippen LogP contribution in [0.25, 0.3) is 0 Å². The molecule has 0 amide bonds. The van der Waals surface area contributed by atoms with E-state index in [1.54, 1.807) is 17.1 Å². The molecule has 78 valence electrons. The number of aryl methyl sites for hydroxylation is 1. The highest BCUT2D eigenvalue weighted by molar-refractivity contribution is 5.55. The molecule has 2 aromatic heterocycles. The molecule has 0 aliphatic heterocycles. The topological polar surface area (TPSA) is 63.0 Å². The van der Waals surface area contributed by atoms with Crippen molar-refractivity contribution in [1.29, 1.82) is 0 Å². The van der Waals surface area contributed by atoms with Gasteiger partial charge in [-0.2, -0.15) is 5.10 Å². The van der Waals surface area contributed by atoms with Gasteiger partial charge in [0.1, 0.15) is 11.6 Å². The van der Waals surface area contributed by atoms with Gasteiger partial charge in [0.05, 0.1) is 12.8 Å². The third-order valence-corrected chi connectivity index (χ3v) is 2.10. The number of hydrogen-bond acceptors (Lipinski definition) is 4. The Kier molecular flexibility index (Phi) is 2.64. The second kappa shape index (κ2) is 4.10. The van der Waals surface area contributed by atoms with Crippen LogP contribution >= 0.6 is 0 Å². The molecular weight excluding hydrogens is 192 g/mol. The SMILES string of the molecule is Cn1ncc(CO)c1Nc1ccccn1. The Bertz CT molecular complexity index is 438. The third-order valence-electron chi connectivity index (χ3n) is 2.10. The average Bonchev–Trinajstić information content (AvgIpc) is 2.62. The molecule has 0 aromatic carbocycles. The van der Waals surface area contributed by atoms with Crippen molar-refractivity contribution in [2.24, 2.45) is 7.05 Å². The quantitative estimate of drug-likeness (QED) is 0.784. The normalized spacial score (nSPS) is 10.3. The zero-order valence-electron chi connectivity index (χ0n) is 8.38. The minimum absolute atomic E-state index is 0.0387. The van der Waals surface area contributed by atoms with Gasteiger partial charge in [-0.05, 0) is 12.1 Å². The second-order valence-electron chi connectivity index (χ2n) is 3.14. The maximum atomic E-state index is 9.10. The Morgan fingerprint density at radius 3 is 3.00 bits per heavy atom. The van der Waals surface area contributed by atoms with Crippen molar-refractivity contribution in [1.82, 2.24) is 14.8 Å². The average molecular weight is 204 g/mol. The molecule has 5 nitrogen and oxygen atoms in total. The highest BCUT2D eigenvalue weighted by Gasteiger charge is 2.07. The summed E-state index contributed by atoms with van der Waals surface area (Å²) in [6.45, 7) is -0.0387. The molecule has 0 spiro atoms. The first-order valence-corrected chi connectivity index (χ1v) is 4.61. The number of aromatic nitrogens is 3. The van der Waals surface area contributed by atoms with Crippen LogP contribution in [0.3, 0.4) is 0 Å². The van der Waals surface area contributed by atoms with Gasteiger partial charge in [0.25, 0.3) is 0 Å². The molecule has 2 aromatic rings. The second-order valence-corrected chi connectivity index (χ2v) is 3.14. The van der Waals surface area contributed by atoms with Crippen LogP contribution in [-0.4, -0.2) is 19.9 Å². The summed E-state index contributed by atoms with van der Waals surface area (Å²) in [6.07, 6.45) is 3.34. The Balaban J connectivity index is 2.27. The highest BCUT2D eigenvalue weighted by atomic mass is 16.3. The lowest BCUT2D eigenvalue weighted by Crippen LogP contribution is -2.02. The van der Waals surface area contributed by atoms with Crippen molar-refractivity contribution >= 4 is 11.6 Å². The van der Waals surface area contributed by atoms with Crippen LogP contribution in [0, 0.1) is 0 Å². The molecule has 5 heteroatoms. The summed E-state index contributed by atoms with van der Waals surface area (Å²) >= 11 is 0. The molecule has 0 saturated carbocycles. The zero-order valence-corrected chi connectivity index (χ0v) is 8.38. The molecule has 15 heavy (non-hydrogen) atoms. The first-order valence-electron chi connectivity index (χ1n) is 4.61. The number of nitrogens with zero attached hydrogens (tertiary/aromatic N) is 3. The van der Waals surface area contributed by atoms with Gasteiger partial charge in [0.15, 0.2) is 0 Å². The maximum absolute atomic E-state index is 9.10. The maximum Gasteiger partial charge on any atom is 0.135 e. The molecule has 0 saturated heterocycles. The number of aliphatic hydroxyl groups is 1. The van der Waals surface area contributed by atoms with Crippen molar-refractivity contribution in [3.05, 3.63) is 36.2 Å². The summed E-state index contributed by atoms with van der Waals surface area (Å²) in [5.41, 5.74) is 0.753. The van der Waals surface area contributed by atoms with Crippen LogP contribution in [0.5, 0.6) is 0 Å². The van der Waals surface area contributed by atoms with E-state index in [0.717, 1.165) is 17.2 Å². The van der Waals surface area contributed by atoms with E-state index in [2.05, 4.69) is 15.4 Å². The van der Waals surface area contributed by atoms with Crippen LogP contribution in [-0.2, 0) is 13.7 Å². The van der Waals surface area contributed by atoms with Crippen molar-refractivity contribution < 1.29 is 5.11 Å². The number of hydrogen-bond donors (Lipinski definition) is 2. The summed E-state index contributed by atoms with van der Waals surface area (Å²) in [5, 5.41) is 16.2. The van der Waals surface area contributed by atoms with E-state index in [9.17, 15) is 0 Å². The third kappa shape index (κ3) is 1.97. The van der Waals surface area contributed by atoms with Crippen molar-refractivity contribution in [2.45, 2.75) is 6.61 Å². The molecule has 2 heterocycles. The molecule has 0 radical (unpaired) electrons. The Hall–Kier alpha value is -1.88. The van der Waals surface area contributed by atoms with E-state index in [1.807, 2.05) is 25.2 Å².